The molecule has 1 aliphatic rings. The van der Waals surface area contributed by atoms with E-state index in [1.54, 1.807) is 48.5 Å². The van der Waals surface area contributed by atoms with Crippen molar-refractivity contribution in [1.29, 1.82) is 0 Å². The van der Waals surface area contributed by atoms with Gasteiger partial charge < -0.3 is 14.9 Å². The van der Waals surface area contributed by atoms with Crippen molar-refractivity contribution in [3.05, 3.63) is 88.5 Å². The zero-order chi connectivity index (χ0) is 22.1. The molecule has 3 aromatic carbocycles. The summed E-state index contributed by atoms with van der Waals surface area (Å²) in [6.07, 6.45) is -0.0498. The molecule has 1 aliphatic carbocycles. The smallest absolute Gasteiger partial charge is 0.201 e. The summed E-state index contributed by atoms with van der Waals surface area (Å²) in [5, 5.41) is 20.5. The Morgan fingerprint density at radius 1 is 0.839 bits per heavy atom. The second kappa shape index (κ2) is 8.07. The number of aromatic hydroxyl groups is 2. The van der Waals surface area contributed by atoms with Crippen LogP contribution >= 0.6 is 0 Å². The van der Waals surface area contributed by atoms with Gasteiger partial charge in [0.1, 0.15) is 23.0 Å². The predicted molar refractivity (Wildman–Crippen MR) is 113 cm³/mol. The summed E-state index contributed by atoms with van der Waals surface area (Å²) in [6, 6.07) is 15.8. The molecule has 3 aromatic rings. The quantitative estimate of drug-likeness (QED) is 0.589. The minimum atomic E-state index is -0.856. The van der Waals surface area contributed by atoms with Crippen LogP contribution in [0.1, 0.15) is 56.2 Å². The van der Waals surface area contributed by atoms with Crippen LogP contribution in [0.25, 0.3) is 0 Å². The molecule has 2 N–H and O–H groups in total. The van der Waals surface area contributed by atoms with Gasteiger partial charge in [0.05, 0.1) is 24.2 Å². The van der Waals surface area contributed by atoms with Crippen LogP contribution in [0.3, 0.4) is 0 Å². The fraction of sp³-hybridized carbons (Fsp3) is 0.160. The van der Waals surface area contributed by atoms with Crippen molar-refractivity contribution in [1.82, 2.24) is 0 Å². The molecule has 0 fully saturated rings. The fourth-order valence-electron chi connectivity index (χ4n) is 4.03. The topological polar surface area (TPSA) is 101 Å². The summed E-state index contributed by atoms with van der Waals surface area (Å²) < 4.78 is 5.09. The molecule has 0 aliphatic heterocycles. The number of carbonyl (C=O) groups is 3. The molecule has 31 heavy (non-hydrogen) atoms. The zero-order valence-electron chi connectivity index (χ0n) is 16.8. The first-order chi connectivity index (χ1) is 14.9. The first-order valence-corrected chi connectivity index (χ1v) is 9.80. The third-order valence-electron chi connectivity index (χ3n) is 5.56. The number of methoxy groups -OCH3 is 1. The van der Waals surface area contributed by atoms with Crippen LogP contribution in [0.2, 0.25) is 0 Å². The van der Waals surface area contributed by atoms with Gasteiger partial charge in [-0.2, -0.15) is 0 Å². The molecule has 0 amide bonds. The molecule has 0 saturated heterocycles. The maximum atomic E-state index is 13.2. The minimum Gasteiger partial charge on any atom is -0.507 e. The number of Topliss-reactive ketones (excluding diaryl/α,β-unsaturated/α-hetero) is 2. The Kier molecular flexibility index (Phi) is 5.29. The number of hydrogen-bond acceptors (Lipinski definition) is 6. The number of carbonyl (C=O) groups excluding carboxylic acids is 3. The number of ether oxygens (including phenoxy) is 1. The minimum absolute atomic E-state index is 0.00208. The predicted octanol–water partition coefficient (Wildman–Crippen LogP) is 4.01. The van der Waals surface area contributed by atoms with Crippen molar-refractivity contribution in [3.8, 4) is 17.2 Å². The Morgan fingerprint density at radius 2 is 1.39 bits per heavy atom. The number of phenols is 2. The van der Waals surface area contributed by atoms with E-state index in [1.165, 1.54) is 19.2 Å². The number of fused-ring (bicyclic) bond motifs is 2. The largest absolute Gasteiger partial charge is 0.507 e. The van der Waals surface area contributed by atoms with Gasteiger partial charge in [-0.3, -0.25) is 14.4 Å². The Hall–Kier alpha value is -3.93. The number of ketones is 3. The van der Waals surface area contributed by atoms with Gasteiger partial charge in [-0.1, -0.05) is 24.3 Å². The van der Waals surface area contributed by atoms with Crippen LogP contribution in [-0.4, -0.2) is 34.7 Å². The average molecular weight is 416 g/mol. The molecular weight excluding hydrogens is 396 g/mol. The van der Waals surface area contributed by atoms with Gasteiger partial charge in [0.2, 0.25) is 5.78 Å². The average Bonchev–Trinajstić information content (AvgIpc) is 2.77. The van der Waals surface area contributed by atoms with E-state index >= 15 is 0 Å². The molecule has 4 rings (SSSR count). The molecule has 0 saturated carbocycles. The fourth-order valence-corrected chi connectivity index (χ4v) is 4.03. The molecular formula is C25H20O6. The Bertz CT molecular complexity index is 1140. The van der Waals surface area contributed by atoms with Crippen molar-refractivity contribution >= 4 is 17.3 Å². The maximum Gasteiger partial charge on any atom is 0.201 e. The Morgan fingerprint density at radius 3 is 1.90 bits per heavy atom. The third kappa shape index (κ3) is 3.57. The molecule has 156 valence electrons. The molecule has 0 spiro atoms. The summed E-state index contributed by atoms with van der Waals surface area (Å²) in [5.74, 6) is -1.70. The van der Waals surface area contributed by atoms with E-state index in [-0.39, 0.29) is 47.0 Å². The van der Waals surface area contributed by atoms with Gasteiger partial charge >= 0.3 is 0 Å². The lowest BCUT2D eigenvalue weighted by atomic mass is 9.74. The van der Waals surface area contributed by atoms with Crippen molar-refractivity contribution in [2.45, 2.75) is 18.8 Å². The van der Waals surface area contributed by atoms with Crippen molar-refractivity contribution in [3.63, 3.8) is 0 Å². The van der Waals surface area contributed by atoms with Crippen LogP contribution < -0.4 is 4.74 Å². The SMILES string of the molecule is COc1ccc(C(=O)CCC(=O)C2c3cccc(O)c3C(=O)c3c(O)cccc32)cc1. The van der Waals surface area contributed by atoms with E-state index in [1.807, 2.05) is 0 Å². The summed E-state index contributed by atoms with van der Waals surface area (Å²) >= 11 is 0. The highest BCUT2D eigenvalue weighted by atomic mass is 16.5. The van der Waals surface area contributed by atoms with Gasteiger partial charge in [0, 0.05) is 18.4 Å². The van der Waals surface area contributed by atoms with Crippen LogP contribution in [0.5, 0.6) is 17.2 Å². The van der Waals surface area contributed by atoms with E-state index in [9.17, 15) is 24.6 Å². The van der Waals surface area contributed by atoms with Gasteiger partial charge in [-0.05, 0) is 47.5 Å². The van der Waals surface area contributed by atoms with Gasteiger partial charge in [0.15, 0.2) is 5.78 Å². The normalized spacial score (nSPS) is 12.7. The van der Waals surface area contributed by atoms with E-state index in [0.29, 0.717) is 22.4 Å². The second-order valence-electron chi connectivity index (χ2n) is 7.36. The first kappa shape index (κ1) is 20.3. The molecule has 6 heteroatoms. The summed E-state index contributed by atoms with van der Waals surface area (Å²) in [5.41, 5.74) is 1.26. The number of hydrogen-bond donors (Lipinski definition) is 2. The van der Waals surface area contributed by atoms with Crippen molar-refractivity contribution in [2.24, 2.45) is 0 Å². The van der Waals surface area contributed by atoms with E-state index in [2.05, 4.69) is 0 Å². The van der Waals surface area contributed by atoms with Crippen LogP contribution in [0.15, 0.2) is 60.7 Å². The highest BCUT2D eigenvalue weighted by Crippen LogP contribution is 2.43. The van der Waals surface area contributed by atoms with E-state index in [4.69, 9.17) is 4.74 Å². The lowest BCUT2D eigenvalue weighted by Gasteiger charge is -2.27. The van der Waals surface area contributed by atoms with Crippen molar-refractivity contribution < 1.29 is 29.3 Å². The first-order valence-electron chi connectivity index (χ1n) is 9.80. The zero-order valence-corrected chi connectivity index (χ0v) is 16.8. The molecule has 0 aromatic heterocycles. The molecule has 0 unspecified atom stereocenters. The van der Waals surface area contributed by atoms with Gasteiger partial charge in [-0.25, -0.2) is 0 Å². The molecule has 0 radical (unpaired) electrons. The lowest BCUT2D eigenvalue weighted by Crippen LogP contribution is -2.25. The highest BCUT2D eigenvalue weighted by molar-refractivity contribution is 6.18. The summed E-state index contributed by atoms with van der Waals surface area (Å²) in [6.45, 7) is 0. The van der Waals surface area contributed by atoms with Crippen LogP contribution in [0.4, 0.5) is 0 Å². The molecule has 0 heterocycles. The number of phenolic OH excluding ortho intramolecular Hbond substituents is 2. The molecule has 0 bridgehead atoms. The standard InChI is InChI=1S/C25H20O6/c1-31-15-10-8-14(9-11-15)18(26)12-13-21(29)22-16-4-2-6-19(27)23(16)25(30)24-17(22)5-3-7-20(24)28/h2-11,22,27-28H,12-13H2,1H3. The molecule has 0 atom stereocenters. The monoisotopic (exact) mass is 416 g/mol. The number of rotatable bonds is 6. The third-order valence-corrected chi connectivity index (χ3v) is 5.56. The van der Waals surface area contributed by atoms with Gasteiger partial charge in [0.25, 0.3) is 0 Å². The highest BCUT2D eigenvalue weighted by Gasteiger charge is 2.38. The van der Waals surface area contributed by atoms with E-state index in [0.717, 1.165) is 0 Å². The van der Waals surface area contributed by atoms with Crippen LogP contribution in [-0.2, 0) is 4.79 Å². The maximum absolute atomic E-state index is 13.2. The van der Waals surface area contributed by atoms with Crippen molar-refractivity contribution in [2.75, 3.05) is 7.11 Å². The van der Waals surface area contributed by atoms with Crippen LogP contribution in [0, 0.1) is 0 Å². The number of benzene rings is 3. The summed E-state index contributed by atoms with van der Waals surface area (Å²) in [4.78, 5) is 38.7. The summed E-state index contributed by atoms with van der Waals surface area (Å²) in [7, 11) is 1.54. The van der Waals surface area contributed by atoms with Gasteiger partial charge in [-0.15, -0.1) is 0 Å². The second-order valence-corrected chi connectivity index (χ2v) is 7.36. The Balaban J connectivity index is 1.64. The lowest BCUT2D eigenvalue weighted by molar-refractivity contribution is -0.119. The Labute approximate surface area is 178 Å². The van der Waals surface area contributed by atoms with E-state index < -0.39 is 11.7 Å². The molecule has 6 nitrogen and oxygen atoms in total.